The number of hydrogen-bond donors (Lipinski definition) is 0. The number of benzene rings is 1. The normalized spacial score (nSPS) is 28.8. The molecule has 0 aromatic heterocycles. The summed E-state index contributed by atoms with van der Waals surface area (Å²) >= 11 is 0. The molecule has 1 aliphatic rings. The summed E-state index contributed by atoms with van der Waals surface area (Å²) in [6, 6.07) is 3.10. The fourth-order valence-corrected chi connectivity index (χ4v) is 4.66. The van der Waals surface area contributed by atoms with Crippen LogP contribution < -0.4 is 0 Å². The first kappa shape index (κ1) is 19.5. The smallest absolute Gasteiger partial charge is 0.00954 e. The second-order valence-electron chi connectivity index (χ2n) is 9.07. The average Bonchev–Trinajstić information content (AvgIpc) is 2.51. The van der Waals surface area contributed by atoms with Crippen molar-refractivity contribution in [2.24, 2.45) is 11.8 Å². The lowest BCUT2D eigenvalue weighted by Crippen LogP contribution is -2.42. The average molecular weight is 330 g/mol. The molecule has 24 heavy (non-hydrogen) atoms. The molecule has 0 saturated carbocycles. The molecule has 0 radical (unpaired) electrons. The van der Waals surface area contributed by atoms with Crippen LogP contribution in [0.2, 0.25) is 0 Å². The second-order valence-corrected chi connectivity index (χ2v) is 9.07. The number of fused-ring (bicyclic) bond motifs is 1. The van der Waals surface area contributed by atoms with Crippen LogP contribution in [0.3, 0.4) is 0 Å². The fraction of sp³-hybridized carbons (Fsp3) is 0.739. The van der Waals surface area contributed by atoms with Crippen molar-refractivity contribution in [3.8, 4) is 0 Å². The van der Waals surface area contributed by atoms with Crippen LogP contribution in [0.15, 0.2) is 6.07 Å². The molecule has 136 valence electrons. The van der Waals surface area contributed by atoms with Crippen LogP contribution >= 0.6 is 0 Å². The van der Waals surface area contributed by atoms with Gasteiger partial charge in [0.15, 0.2) is 0 Å². The predicted molar refractivity (Wildman–Crippen MR) is 107 cm³/mol. The van der Waals surface area contributed by atoms with Crippen molar-refractivity contribution in [1.82, 2.24) is 4.90 Å². The van der Waals surface area contributed by atoms with Gasteiger partial charge >= 0.3 is 0 Å². The summed E-state index contributed by atoms with van der Waals surface area (Å²) in [6.45, 7) is 22.7. The van der Waals surface area contributed by atoms with Gasteiger partial charge in [0.05, 0.1) is 0 Å². The van der Waals surface area contributed by atoms with E-state index < -0.39 is 0 Å². The topological polar surface area (TPSA) is 3.24 Å². The lowest BCUT2D eigenvalue weighted by Gasteiger charge is -2.43. The number of likely N-dealkylation sites (N-methyl/N-ethyl adjacent to an activating group) is 1. The minimum absolute atomic E-state index is 0.587. The quantitative estimate of drug-likeness (QED) is 0.620. The summed E-state index contributed by atoms with van der Waals surface area (Å²) in [6.07, 6.45) is 0. The minimum Gasteiger partial charge on any atom is -0.303 e. The summed E-state index contributed by atoms with van der Waals surface area (Å²) in [5.41, 5.74) is 7.96. The first-order valence-electron chi connectivity index (χ1n) is 9.91. The van der Waals surface area contributed by atoms with Crippen molar-refractivity contribution >= 4 is 0 Å². The van der Waals surface area contributed by atoms with E-state index in [4.69, 9.17) is 0 Å². The number of hydrogen-bond acceptors (Lipinski definition) is 1. The van der Waals surface area contributed by atoms with E-state index in [1.165, 1.54) is 17.7 Å². The van der Waals surface area contributed by atoms with Crippen molar-refractivity contribution in [2.45, 2.75) is 86.1 Å². The molecular formula is C23H39N. The molecular weight excluding hydrogens is 290 g/mol. The van der Waals surface area contributed by atoms with Gasteiger partial charge in [-0.15, -0.1) is 0 Å². The van der Waals surface area contributed by atoms with E-state index in [9.17, 15) is 0 Å². The summed E-state index contributed by atoms with van der Waals surface area (Å²) < 4.78 is 0. The standard InChI is InChI=1S/C23H39N/c1-13(2)20-11-15(5)16(6)22-18(8)17(7)19(9)24(10)12-21(14(3)4)23(20)22/h11,13-14,17-19,21H,12H2,1-10H3/t17-,18+,19-,21?/m1/s1. The lowest BCUT2D eigenvalue weighted by molar-refractivity contribution is 0.155. The highest BCUT2D eigenvalue weighted by atomic mass is 15.1. The van der Waals surface area contributed by atoms with E-state index in [-0.39, 0.29) is 0 Å². The Balaban J connectivity index is 2.83. The summed E-state index contributed by atoms with van der Waals surface area (Å²) in [5.74, 6) is 3.15. The molecule has 0 fully saturated rings. The summed E-state index contributed by atoms with van der Waals surface area (Å²) in [7, 11) is 2.32. The van der Waals surface area contributed by atoms with E-state index in [0.717, 1.165) is 0 Å². The van der Waals surface area contributed by atoms with Crippen molar-refractivity contribution in [3.05, 3.63) is 33.9 Å². The molecule has 0 amide bonds. The number of rotatable bonds is 2. The Morgan fingerprint density at radius 1 is 1.00 bits per heavy atom. The Labute approximate surface area is 150 Å². The molecule has 1 aromatic carbocycles. The zero-order valence-electron chi connectivity index (χ0n) is 17.7. The van der Waals surface area contributed by atoms with Gasteiger partial charge in [-0.1, -0.05) is 47.6 Å². The molecule has 0 N–H and O–H groups in total. The highest BCUT2D eigenvalue weighted by Gasteiger charge is 2.35. The molecule has 1 aromatic rings. The number of nitrogens with zero attached hydrogens (tertiary/aromatic N) is 1. The first-order chi connectivity index (χ1) is 11.1. The van der Waals surface area contributed by atoms with E-state index in [2.05, 4.69) is 80.3 Å². The van der Waals surface area contributed by atoms with Crippen molar-refractivity contribution in [3.63, 3.8) is 0 Å². The maximum atomic E-state index is 2.61. The first-order valence-corrected chi connectivity index (χ1v) is 9.91. The summed E-state index contributed by atoms with van der Waals surface area (Å²) in [5, 5.41) is 0. The third-order valence-corrected chi connectivity index (χ3v) is 6.95. The Hall–Kier alpha value is -0.820. The fourth-order valence-electron chi connectivity index (χ4n) is 4.66. The van der Waals surface area contributed by atoms with E-state index in [0.29, 0.717) is 35.6 Å². The van der Waals surface area contributed by atoms with Gasteiger partial charge in [-0.05, 0) is 85.2 Å². The van der Waals surface area contributed by atoms with Crippen molar-refractivity contribution in [2.75, 3.05) is 13.6 Å². The monoisotopic (exact) mass is 329 g/mol. The minimum atomic E-state index is 0.587. The van der Waals surface area contributed by atoms with Gasteiger partial charge in [0.2, 0.25) is 0 Å². The van der Waals surface area contributed by atoms with Crippen molar-refractivity contribution < 1.29 is 0 Å². The van der Waals surface area contributed by atoms with Crippen LogP contribution in [-0.4, -0.2) is 24.5 Å². The third-order valence-electron chi connectivity index (χ3n) is 6.95. The zero-order chi connectivity index (χ0) is 18.3. The third kappa shape index (κ3) is 3.29. The number of aryl methyl sites for hydroxylation is 1. The highest BCUT2D eigenvalue weighted by molar-refractivity contribution is 5.50. The molecule has 0 bridgehead atoms. The van der Waals surface area contributed by atoms with Crippen LogP contribution in [0.5, 0.6) is 0 Å². The molecule has 0 spiro atoms. The van der Waals surface area contributed by atoms with Gasteiger partial charge in [0.1, 0.15) is 0 Å². The SMILES string of the molecule is Cc1cc(C(C)C)c2c(c1C)[C@@H](C)[C@@H](C)[C@@H](C)N(C)CC2C(C)C. The van der Waals surface area contributed by atoms with Gasteiger partial charge in [0, 0.05) is 12.6 Å². The van der Waals surface area contributed by atoms with Crippen molar-refractivity contribution in [1.29, 1.82) is 0 Å². The maximum absolute atomic E-state index is 2.61. The van der Waals surface area contributed by atoms with E-state index in [1.54, 1.807) is 16.7 Å². The van der Waals surface area contributed by atoms with E-state index >= 15 is 0 Å². The van der Waals surface area contributed by atoms with Crippen LogP contribution in [0.25, 0.3) is 0 Å². The Morgan fingerprint density at radius 3 is 2.08 bits per heavy atom. The molecule has 1 unspecified atom stereocenters. The molecule has 1 heteroatoms. The maximum Gasteiger partial charge on any atom is 0.00954 e. The molecule has 1 nitrogen and oxygen atoms in total. The zero-order valence-corrected chi connectivity index (χ0v) is 17.7. The Bertz CT molecular complexity index is 584. The van der Waals surface area contributed by atoms with Crippen LogP contribution in [-0.2, 0) is 0 Å². The molecule has 2 rings (SSSR count). The van der Waals surface area contributed by atoms with Crippen LogP contribution in [0, 0.1) is 25.7 Å². The Morgan fingerprint density at radius 2 is 1.58 bits per heavy atom. The largest absolute Gasteiger partial charge is 0.303 e. The van der Waals surface area contributed by atoms with E-state index in [1.807, 2.05) is 0 Å². The molecule has 1 aliphatic heterocycles. The molecule has 0 saturated heterocycles. The van der Waals surface area contributed by atoms with Gasteiger partial charge in [-0.25, -0.2) is 0 Å². The second kappa shape index (κ2) is 7.20. The van der Waals surface area contributed by atoms with Crippen LogP contribution in [0.4, 0.5) is 0 Å². The lowest BCUT2D eigenvalue weighted by atomic mass is 9.70. The predicted octanol–water partition coefficient (Wildman–Crippen LogP) is 6.24. The van der Waals surface area contributed by atoms with Gasteiger partial charge in [-0.3, -0.25) is 0 Å². The Kier molecular flexibility index (Phi) is 5.85. The molecule has 4 atom stereocenters. The molecule has 1 heterocycles. The van der Waals surface area contributed by atoms with Gasteiger partial charge < -0.3 is 4.90 Å². The summed E-state index contributed by atoms with van der Waals surface area (Å²) in [4.78, 5) is 2.61. The van der Waals surface area contributed by atoms with Gasteiger partial charge in [-0.2, -0.15) is 0 Å². The highest BCUT2D eigenvalue weighted by Crippen LogP contribution is 2.45. The van der Waals surface area contributed by atoms with Crippen LogP contribution in [0.1, 0.15) is 94.0 Å². The molecule has 0 aliphatic carbocycles. The van der Waals surface area contributed by atoms with Gasteiger partial charge in [0.25, 0.3) is 0 Å².